The van der Waals surface area contributed by atoms with Crippen molar-refractivity contribution in [2.45, 2.75) is 19.9 Å². The van der Waals surface area contributed by atoms with Gasteiger partial charge in [0, 0.05) is 28.6 Å². The molecule has 0 fully saturated rings. The van der Waals surface area contributed by atoms with E-state index in [1.54, 1.807) is 27.5 Å². The fourth-order valence-corrected chi connectivity index (χ4v) is 3.50. The maximum absolute atomic E-state index is 12.7. The first-order chi connectivity index (χ1) is 10.6. The Bertz CT molecular complexity index is 844. The maximum atomic E-state index is 12.7. The van der Waals surface area contributed by atoms with Crippen LogP contribution in [-0.2, 0) is 0 Å². The van der Waals surface area contributed by atoms with Crippen molar-refractivity contribution < 1.29 is 4.79 Å². The lowest BCUT2D eigenvalue weighted by Gasteiger charge is -2.05. The molecule has 0 radical (unpaired) electrons. The molecule has 4 nitrogen and oxygen atoms in total. The second kappa shape index (κ2) is 6.37. The average Bonchev–Trinajstić information content (AvgIpc) is 3.17. The molecular formula is C16H15N3OS2. The van der Waals surface area contributed by atoms with Crippen molar-refractivity contribution in [2.75, 3.05) is 0 Å². The lowest BCUT2D eigenvalue weighted by Crippen LogP contribution is -2.28. The van der Waals surface area contributed by atoms with E-state index in [1.807, 2.05) is 48.9 Å². The molecule has 3 aromatic heterocycles. The van der Waals surface area contributed by atoms with E-state index in [2.05, 4.69) is 9.98 Å². The summed E-state index contributed by atoms with van der Waals surface area (Å²) < 4.78 is 1.55. The van der Waals surface area contributed by atoms with Gasteiger partial charge in [0.1, 0.15) is 16.2 Å². The maximum Gasteiger partial charge on any atom is 0.283 e. The lowest BCUT2D eigenvalue weighted by molar-refractivity contribution is 0.0950. The van der Waals surface area contributed by atoms with Gasteiger partial charge in [-0.25, -0.2) is 4.98 Å². The summed E-state index contributed by atoms with van der Waals surface area (Å²) in [4.78, 5) is 21.6. The van der Waals surface area contributed by atoms with E-state index < -0.39 is 0 Å². The number of hydrogen-bond donors (Lipinski definition) is 0. The largest absolute Gasteiger partial charge is 0.283 e. The highest BCUT2D eigenvalue weighted by Gasteiger charge is 2.14. The molecule has 6 heteroatoms. The molecule has 3 aromatic rings. The summed E-state index contributed by atoms with van der Waals surface area (Å²) in [6.07, 6.45) is 1.73. The topological polar surface area (TPSA) is 47.2 Å². The number of thiophene rings is 1. The van der Waals surface area contributed by atoms with Crippen LogP contribution < -0.4 is 5.49 Å². The summed E-state index contributed by atoms with van der Waals surface area (Å²) in [6, 6.07) is 7.67. The van der Waals surface area contributed by atoms with E-state index in [4.69, 9.17) is 0 Å². The van der Waals surface area contributed by atoms with E-state index in [0.29, 0.717) is 11.2 Å². The molecule has 0 aliphatic heterocycles. The van der Waals surface area contributed by atoms with Crippen molar-refractivity contribution >= 4 is 28.6 Å². The van der Waals surface area contributed by atoms with Crippen molar-refractivity contribution in [1.82, 2.24) is 9.55 Å². The van der Waals surface area contributed by atoms with Crippen LogP contribution in [0.1, 0.15) is 24.3 Å². The van der Waals surface area contributed by atoms with Crippen molar-refractivity contribution in [2.24, 2.45) is 4.99 Å². The summed E-state index contributed by atoms with van der Waals surface area (Å²) in [5.41, 5.74) is 2.15. The SMILES string of the molecule is CC(C)N=c1ccccn1C(=O)c1csc(-c2ccsc2)n1. The molecule has 0 spiro atoms. The van der Waals surface area contributed by atoms with E-state index in [0.717, 1.165) is 10.6 Å². The van der Waals surface area contributed by atoms with Crippen molar-refractivity contribution in [3.05, 3.63) is 57.8 Å². The summed E-state index contributed by atoms with van der Waals surface area (Å²) in [5.74, 6) is -0.155. The molecule has 112 valence electrons. The summed E-state index contributed by atoms with van der Waals surface area (Å²) in [5, 5.41) is 6.70. The third-order valence-corrected chi connectivity index (χ3v) is 4.51. The lowest BCUT2D eigenvalue weighted by atomic mass is 10.3. The molecule has 0 amide bonds. The van der Waals surface area contributed by atoms with Crippen LogP contribution in [0.3, 0.4) is 0 Å². The highest BCUT2D eigenvalue weighted by Crippen LogP contribution is 2.25. The normalized spacial score (nSPS) is 12.0. The fourth-order valence-electron chi connectivity index (χ4n) is 1.99. The van der Waals surface area contributed by atoms with E-state index >= 15 is 0 Å². The van der Waals surface area contributed by atoms with Crippen LogP contribution in [-0.4, -0.2) is 21.5 Å². The van der Waals surface area contributed by atoms with Crippen LogP contribution in [0.5, 0.6) is 0 Å². The van der Waals surface area contributed by atoms with Gasteiger partial charge in [-0.3, -0.25) is 14.4 Å². The number of hydrogen-bond acceptors (Lipinski definition) is 5. The Labute approximate surface area is 136 Å². The van der Waals surface area contributed by atoms with E-state index in [1.165, 1.54) is 11.3 Å². The first-order valence-corrected chi connectivity index (χ1v) is 8.71. The van der Waals surface area contributed by atoms with Crippen LogP contribution in [0, 0.1) is 0 Å². The number of nitrogens with zero attached hydrogens (tertiary/aromatic N) is 3. The smallest absolute Gasteiger partial charge is 0.267 e. The number of aromatic nitrogens is 2. The Balaban J connectivity index is 1.99. The zero-order valence-corrected chi connectivity index (χ0v) is 13.9. The highest BCUT2D eigenvalue weighted by atomic mass is 32.1. The standard InChI is InChI=1S/C16H15N3OS2/c1-11(2)17-14-5-3-4-7-19(14)16(20)13-10-22-15(18-13)12-6-8-21-9-12/h3-11H,1-2H3. The van der Waals surface area contributed by atoms with Crippen LogP contribution in [0.15, 0.2) is 51.6 Å². The Morgan fingerprint density at radius 2 is 2.14 bits per heavy atom. The summed E-state index contributed by atoms with van der Waals surface area (Å²) in [7, 11) is 0. The molecule has 0 aromatic carbocycles. The third kappa shape index (κ3) is 3.08. The van der Waals surface area contributed by atoms with Gasteiger partial charge in [-0.05, 0) is 37.4 Å². The number of carbonyl (C=O) groups is 1. The van der Waals surface area contributed by atoms with Gasteiger partial charge in [0.15, 0.2) is 0 Å². The second-order valence-corrected chi connectivity index (χ2v) is 6.64. The molecule has 22 heavy (non-hydrogen) atoms. The van der Waals surface area contributed by atoms with Crippen molar-refractivity contribution in [3.63, 3.8) is 0 Å². The summed E-state index contributed by atoms with van der Waals surface area (Å²) >= 11 is 3.10. The minimum atomic E-state index is -0.155. The molecule has 0 unspecified atom stereocenters. The quantitative estimate of drug-likeness (QED) is 0.736. The predicted molar refractivity (Wildman–Crippen MR) is 90.3 cm³/mol. The molecule has 0 atom stereocenters. The molecular weight excluding hydrogens is 314 g/mol. The average molecular weight is 329 g/mol. The van der Waals surface area contributed by atoms with E-state index in [9.17, 15) is 4.79 Å². The zero-order chi connectivity index (χ0) is 15.5. The molecule has 0 N–H and O–H groups in total. The van der Waals surface area contributed by atoms with Gasteiger partial charge in [-0.15, -0.1) is 11.3 Å². The van der Waals surface area contributed by atoms with Gasteiger partial charge in [-0.1, -0.05) is 6.07 Å². The second-order valence-electron chi connectivity index (χ2n) is 5.01. The van der Waals surface area contributed by atoms with Crippen LogP contribution in [0.2, 0.25) is 0 Å². The van der Waals surface area contributed by atoms with Gasteiger partial charge in [-0.2, -0.15) is 11.3 Å². The van der Waals surface area contributed by atoms with E-state index in [-0.39, 0.29) is 11.9 Å². The molecule has 0 bridgehead atoms. The number of carbonyl (C=O) groups excluding carboxylic acids is 1. The predicted octanol–water partition coefficient (Wildman–Crippen LogP) is 3.67. The van der Waals surface area contributed by atoms with Gasteiger partial charge in [0.2, 0.25) is 0 Å². The number of thiazole rings is 1. The van der Waals surface area contributed by atoms with Crippen LogP contribution >= 0.6 is 22.7 Å². The molecule has 0 saturated carbocycles. The van der Waals surface area contributed by atoms with Gasteiger partial charge < -0.3 is 0 Å². The molecule has 0 aliphatic carbocycles. The van der Waals surface area contributed by atoms with Gasteiger partial charge in [0.05, 0.1) is 0 Å². The molecule has 3 rings (SSSR count). The summed E-state index contributed by atoms with van der Waals surface area (Å²) in [6.45, 7) is 3.97. The molecule has 0 saturated heterocycles. The van der Waals surface area contributed by atoms with Crippen molar-refractivity contribution in [1.29, 1.82) is 0 Å². The van der Waals surface area contributed by atoms with Gasteiger partial charge >= 0.3 is 0 Å². The Morgan fingerprint density at radius 3 is 2.86 bits per heavy atom. The monoisotopic (exact) mass is 329 g/mol. The van der Waals surface area contributed by atoms with Gasteiger partial charge in [0.25, 0.3) is 5.91 Å². The number of rotatable bonds is 3. The number of pyridine rings is 1. The Hall–Kier alpha value is -2.05. The van der Waals surface area contributed by atoms with Crippen LogP contribution in [0.4, 0.5) is 0 Å². The fraction of sp³-hybridized carbons (Fsp3) is 0.188. The van der Waals surface area contributed by atoms with Crippen molar-refractivity contribution in [3.8, 4) is 10.6 Å². The minimum Gasteiger partial charge on any atom is -0.267 e. The zero-order valence-electron chi connectivity index (χ0n) is 12.3. The Kier molecular flexibility index (Phi) is 4.31. The first-order valence-electron chi connectivity index (χ1n) is 6.89. The third-order valence-electron chi connectivity index (χ3n) is 2.94. The Morgan fingerprint density at radius 1 is 1.27 bits per heavy atom. The molecule has 0 aliphatic rings. The first kappa shape index (κ1) is 14.9. The van der Waals surface area contributed by atoms with Crippen LogP contribution in [0.25, 0.3) is 10.6 Å². The highest BCUT2D eigenvalue weighted by molar-refractivity contribution is 7.14. The molecule has 3 heterocycles. The minimum absolute atomic E-state index is 0.123.